The second-order valence-electron chi connectivity index (χ2n) is 5.97. The summed E-state index contributed by atoms with van der Waals surface area (Å²) in [6, 6.07) is 7.34. The maximum Gasteiger partial charge on any atom is 0.387 e. The van der Waals surface area contributed by atoms with E-state index < -0.39 is 18.2 Å². The van der Waals surface area contributed by atoms with E-state index in [1.807, 2.05) is 0 Å². The molecule has 142 valence electrons. The highest BCUT2D eigenvalue weighted by Gasteiger charge is 2.13. The van der Waals surface area contributed by atoms with Crippen LogP contribution in [0.3, 0.4) is 0 Å². The molecular formula is C19H12ClF3N4O. The molecule has 1 aromatic carbocycles. The number of rotatable bonds is 5. The SMILES string of the molecule is Fc1ccc(-c2cnc3cnn(Cc4cncc(Cl)c4)c3c2)cc1OC(F)F. The molecule has 0 aliphatic carbocycles. The minimum absolute atomic E-state index is 0.422. The Balaban J connectivity index is 1.72. The molecule has 28 heavy (non-hydrogen) atoms. The number of hydrogen-bond donors (Lipinski definition) is 0. The van der Waals surface area contributed by atoms with Gasteiger partial charge in [0, 0.05) is 24.2 Å². The number of nitrogens with zero attached hydrogens (tertiary/aromatic N) is 4. The van der Waals surface area contributed by atoms with E-state index in [9.17, 15) is 13.2 Å². The lowest BCUT2D eigenvalue weighted by atomic mass is 10.1. The van der Waals surface area contributed by atoms with Crippen molar-refractivity contribution in [3.8, 4) is 16.9 Å². The Morgan fingerprint density at radius 2 is 1.89 bits per heavy atom. The topological polar surface area (TPSA) is 52.8 Å². The highest BCUT2D eigenvalue weighted by atomic mass is 35.5. The van der Waals surface area contributed by atoms with Crippen LogP contribution in [0, 0.1) is 5.82 Å². The molecule has 0 bridgehead atoms. The molecule has 4 rings (SSSR count). The summed E-state index contributed by atoms with van der Waals surface area (Å²) in [5.74, 6) is -1.39. The van der Waals surface area contributed by atoms with E-state index in [0.717, 1.165) is 17.1 Å². The third-order valence-electron chi connectivity index (χ3n) is 4.07. The third kappa shape index (κ3) is 3.77. The molecule has 0 saturated carbocycles. The quantitative estimate of drug-likeness (QED) is 0.473. The van der Waals surface area contributed by atoms with Crippen LogP contribution in [0.1, 0.15) is 5.56 Å². The van der Waals surface area contributed by atoms with Crippen LogP contribution in [0.2, 0.25) is 5.02 Å². The number of ether oxygens (including phenoxy) is 1. The Morgan fingerprint density at radius 3 is 2.68 bits per heavy atom. The molecule has 0 saturated heterocycles. The van der Waals surface area contributed by atoms with Crippen molar-refractivity contribution in [2.24, 2.45) is 0 Å². The highest BCUT2D eigenvalue weighted by molar-refractivity contribution is 6.30. The molecule has 0 aliphatic rings. The van der Waals surface area contributed by atoms with Gasteiger partial charge in [0.15, 0.2) is 11.6 Å². The lowest BCUT2D eigenvalue weighted by Crippen LogP contribution is -2.04. The normalized spacial score (nSPS) is 11.3. The first-order valence-corrected chi connectivity index (χ1v) is 8.53. The second kappa shape index (κ2) is 7.47. The molecule has 9 heteroatoms. The van der Waals surface area contributed by atoms with Crippen LogP contribution in [0.5, 0.6) is 5.75 Å². The third-order valence-corrected chi connectivity index (χ3v) is 4.28. The van der Waals surface area contributed by atoms with Gasteiger partial charge in [0.1, 0.15) is 5.52 Å². The van der Waals surface area contributed by atoms with Crippen LogP contribution in [0.4, 0.5) is 13.2 Å². The molecular weight excluding hydrogens is 393 g/mol. The summed E-state index contributed by atoms with van der Waals surface area (Å²) in [5.41, 5.74) is 3.33. The first-order chi connectivity index (χ1) is 13.5. The van der Waals surface area contributed by atoms with E-state index in [1.165, 1.54) is 12.1 Å². The first-order valence-electron chi connectivity index (χ1n) is 8.15. The Labute approximate surface area is 162 Å². The van der Waals surface area contributed by atoms with Crippen molar-refractivity contribution in [1.29, 1.82) is 0 Å². The Hall–Kier alpha value is -3.13. The van der Waals surface area contributed by atoms with Gasteiger partial charge in [-0.25, -0.2) is 4.39 Å². The summed E-state index contributed by atoms with van der Waals surface area (Å²) < 4.78 is 44.6. The summed E-state index contributed by atoms with van der Waals surface area (Å²) in [6.45, 7) is -2.69. The maximum absolute atomic E-state index is 13.7. The van der Waals surface area contributed by atoms with Crippen molar-refractivity contribution in [3.05, 3.63) is 71.5 Å². The molecule has 0 N–H and O–H groups in total. The fourth-order valence-electron chi connectivity index (χ4n) is 2.82. The summed E-state index contributed by atoms with van der Waals surface area (Å²) in [5, 5.41) is 4.84. The van der Waals surface area contributed by atoms with Crippen molar-refractivity contribution < 1.29 is 17.9 Å². The lowest BCUT2D eigenvalue weighted by molar-refractivity contribution is -0.0521. The summed E-state index contributed by atoms with van der Waals surface area (Å²) in [7, 11) is 0. The Kier molecular flexibility index (Phi) is 4.87. The monoisotopic (exact) mass is 404 g/mol. The van der Waals surface area contributed by atoms with E-state index >= 15 is 0 Å². The predicted molar refractivity (Wildman–Crippen MR) is 97.9 cm³/mol. The zero-order valence-electron chi connectivity index (χ0n) is 14.2. The fraction of sp³-hybridized carbons (Fsp3) is 0.105. The number of fused-ring (bicyclic) bond motifs is 1. The van der Waals surface area contributed by atoms with Gasteiger partial charge in [0.05, 0.1) is 23.3 Å². The van der Waals surface area contributed by atoms with Gasteiger partial charge < -0.3 is 4.74 Å². The lowest BCUT2D eigenvalue weighted by Gasteiger charge is -2.09. The fourth-order valence-corrected chi connectivity index (χ4v) is 3.02. The van der Waals surface area contributed by atoms with Crippen molar-refractivity contribution >= 4 is 22.6 Å². The molecule has 4 aromatic rings. The number of halogens is 4. The summed E-state index contributed by atoms with van der Waals surface area (Å²) >= 11 is 5.97. The number of benzene rings is 1. The van der Waals surface area contributed by atoms with Crippen LogP contribution in [0.25, 0.3) is 22.2 Å². The van der Waals surface area contributed by atoms with Crippen molar-refractivity contribution in [1.82, 2.24) is 19.7 Å². The molecule has 0 amide bonds. The highest BCUT2D eigenvalue weighted by Crippen LogP contribution is 2.29. The van der Waals surface area contributed by atoms with Crippen molar-refractivity contribution in [2.75, 3.05) is 0 Å². The smallest absolute Gasteiger partial charge is 0.387 e. The van der Waals surface area contributed by atoms with E-state index in [1.54, 1.807) is 41.6 Å². The van der Waals surface area contributed by atoms with Gasteiger partial charge in [0.25, 0.3) is 0 Å². The van der Waals surface area contributed by atoms with Gasteiger partial charge in [-0.1, -0.05) is 17.7 Å². The molecule has 0 aliphatic heterocycles. The maximum atomic E-state index is 13.7. The molecule has 0 spiro atoms. The zero-order valence-corrected chi connectivity index (χ0v) is 14.9. The summed E-state index contributed by atoms with van der Waals surface area (Å²) in [6.07, 6.45) is 6.41. The van der Waals surface area contributed by atoms with Crippen LogP contribution in [-0.2, 0) is 6.54 Å². The predicted octanol–water partition coefficient (Wildman–Crippen LogP) is 4.94. The largest absolute Gasteiger partial charge is 0.432 e. The van der Waals surface area contributed by atoms with Crippen LogP contribution >= 0.6 is 11.6 Å². The molecule has 0 radical (unpaired) electrons. The number of aromatic nitrogens is 4. The summed E-state index contributed by atoms with van der Waals surface area (Å²) in [4.78, 5) is 8.39. The molecule has 0 fully saturated rings. The van der Waals surface area contributed by atoms with Crippen LogP contribution < -0.4 is 4.74 Å². The van der Waals surface area contributed by atoms with Crippen molar-refractivity contribution in [3.63, 3.8) is 0 Å². The number of pyridine rings is 2. The van der Waals surface area contributed by atoms with E-state index in [-0.39, 0.29) is 0 Å². The van der Waals surface area contributed by atoms with Gasteiger partial charge >= 0.3 is 6.61 Å². The van der Waals surface area contributed by atoms with E-state index in [2.05, 4.69) is 19.8 Å². The Morgan fingerprint density at radius 1 is 1.04 bits per heavy atom. The minimum atomic E-state index is -3.11. The van der Waals surface area contributed by atoms with Gasteiger partial charge in [-0.3, -0.25) is 14.6 Å². The average Bonchev–Trinajstić information content (AvgIpc) is 3.05. The molecule has 0 atom stereocenters. The Bertz CT molecular complexity index is 1150. The van der Waals surface area contributed by atoms with E-state index in [0.29, 0.717) is 28.2 Å². The number of alkyl halides is 2. The molecule has 0 unspecified atom stereocenters. The number of hydrogen-bond acceptors (Lipinski definition) is 4. The standard InChI is InChI=1S/C19H12ClF3N4O/c20-14-3-11(6-24-8-14)10-27-17-4-13(7-25-16(17)9-26-27)12-1-2-15(21)18(5-12)28-19(22)23/h1-9,19H,10H2. The first kappa shape index (κ1) is 18.2. The van der Waals surface area contributed by atoms with Crippen LogP contribution in [0.15, 0.2) is 55.1 Å². The van der Waals surface area contributed by atoms with Crippen LogP contribution in [-0.4, -0.2) is 26.4 Å². The average molecular weight is 405 g/mol. The van der Waals surface area contributed by atoms with Gasteiger partial charge in [-0.05, 0) is 35.4 Å². The van der Waals surface area contributed by atoms with Gasteiger partial charge in [-0.15, -0.1) is 0 Å². The molecule has 3 heterocycles. The zero-order chi connectivity index (χ0) is 19.7. The molecule has 3 aromatic heterocycles. The minimum Gasteiger partial charge on any atom is -0.432 e. The second-order valence-corrected chi connectivity index (χ2v) is 6.40. The van der Waals surface area contributed by atoms with E-state index in [4.69, 9.17) is 11.6 Å². The molecule has 5 nitrogen and oxygen atoms in total. The van der Waals surface area contributed by atoms with Gasteiger partial charge in [0.2, 0.25) is 0 Å². The van der Waals surface area contributed by atoms with Gasteiger partial charge in [-0.2, -0.15) is 13.9 Å². The van der Waals surface area contributed by atoms with Crippen molar-refractivity contribution in [2.45, 2.75) is 13.2 Å².